The van der Waals surface area contributed by atoms with Gasteiger partial charge in [0.1, 0.15) is 0 Å². The molecule has 1 amide bonds. The highest BCUT2D eigenvalue weighted by Crippen LogP contribution is 2.13. The summed E-state index contributed by atoms with van der Waals surface area (Å²) in [6.45, 7) is 4.75. The minimum atomic E-state index is 0.0362. The van der Waals surface area contributed by atoms with E-state index < -0.39 is 0 Å². The molecular formula is C13H21N3OS. The second-order valence-electron chi connectivity index (χ2n) is 4.70. The van der Waals surface area contributed by atoms with Crippen LogP contribution in [0.1, 0.15) is 31.9 Å². The average Bonchev–Trinajstić information content (AvgIpc) is 2.89. The van der Waals surface area contributed by atoms with Crippen LogP contribution in [0, 0.1) is 0 Å². The molecule has 1 atom stereocenters. The normalized spacial score (nSPS) is 20.4. The number of piperidine rings is 1. The fourth-order valence-corrected chi connectivity index (χ4v) is 2.87. The molecule has 1 aromatic heterocycles. The van der Waals surface area contributed by atoms with E-state index in [1.54, 1.807) is 11.3 Å². The maximum absolute atomic E-state index is 12.2. The summed E-state index contributed by atoms with van der Waals surface area (Å²) in [6.07, 6.45) is 4.02. The molecule has 0 bridgehead atoms. The Morgan fingerprint density at radius 3 is 3.22 bits per heavy atom. The fraction of sp³-hybridized carbons (Fsp3) is 0.692. The number of aromatic nitrogens is 1. The van der Waals surface area contributed by atoms with E-state index in [1.807, 2.05) is 10.4 Å². The zero-order chi connectivity index (χ0) is 12.8. The van der Waals surface area contributed by atoms with Crippen LogP contribution in [-0.4, -0.2) is 41.5 Å². The lowest BCUT2D eigenvalue weighted by atomic mass is 10.0. The first-order chi connectivity index (χ1) is 8.81. The van der Waals surface area contributed by atoms with E-state index in [2.05, 4.69) is 22.6 Å². The molecule has 18 heavy (non-hydrogen) atoms. The second kappa shape index (κ2) is 6.85. The van der Waals surface area contributed by atoms with Crippen molar-refractivity contribution in [3.8, 4) is 0 Å². The smallest absolute Gasteiger partial charge is 0.239 e. The van der Waals surface area contributed by atoms with E-state index in [9.17, 15) is 4.79 Å². The summed E-state index contributed by atoms with van der Waals surface area (Å²) in [6, 6.07) is 0.0362. The molecule has 1 aliphatic heterocycles. The topological polar surface area (TPSA) is 45.2 Å². The molecule has 2 rings (SSSR count). The number of hydrogen-bond acceptors (Lipinski definition) is 4. The highest BCUT2D eigenvalue weighted by atomic mass is 32.1. The van der Waals surface area contributed by atoms with Gasteiger partial charge in [0.15, 0.2) is 0 Å². The second-order valence-corrected chi connectivity index (χ2v) is 5.42. The van der Waals surface area contributed by atoms with Gasteiger partial charge in [-0.05, 0) is 25.8 Å². The largest absolute Gasteiger partial charge is 0.341 e. The van der Waals surface area contributed by atoms with Crippen molar-refractivity contribution >= 4 is 17.2 Å². The van der Waals surface area contributed by atoms with Crippen molar-refractivity contribution in [2.45, 2.75) is 38.6 Å². The van der Waals surface area contributed by atoms with E-state index in [1.165, 1.54) is 0 Å². The Labute approximate surface area is 112 Å². The van der Waals surface area contributed by atoms with Gasteiger partial charge in [-0.2, -0.15) is 0 Å². The van der Waals surface area contributed by atoms with Crippen molar-refractivity contribution in [2.75, 3.05) is 19.6 Å². The summed E-state index contributed by atoms with van der Waals surface area (Å²) < 4.78 is 0. The van der Waals surface area contributed by atoms with Crippen LogP contribution in [-0.2, 0) is 11.2 Å². The van der Waals surface area contributed by atoms with Crippen molar-refractivity contribution < 1.29 is 4.79 Å². The average molecular weight is 267 g/mol. The molecule has 1 aliphatic rings. The van der Waals surface area contributed by atoms with Gasteiger partial charge in [0, 0.05) is 24.9 Å². The monoisotopic (exact) mass is 267 g/mol. The van der Waals surface area contributed by atoms with Crippen molar-refractivity contribution in [1.29, 1.82) is 0 Å². The van der Waals surface area contributed by atoms with Crippen LogP contribution in [0.4, 0.5) is 0 Å². The van der Waals surface area contributed by atoms with Crippen molar-refractivity contribution in [1.82, 2.24) is 15.2 Å². The van der Waals surface area contributed by atoms with Gasteiger partial charge in [-0.3, -0.25) is 4.79 Å². The molecule has 0 aliphatic carbocycles. The molecule has 1 unspecified atom stereocenters. The SMILES string of the molecule is CCCNC1CCCN(CCc2cscn2)C1=O. The first-order valence-corrected chi connectivity index (χ1v) is 7.64. The summed E-state index contributed by atoms with van der Waals surface area (Å²) in [7, 11) is 0. The summed E-state index contributed by atoms with van der Waals surface area (Å²) in [5.41, 5.74) is 2.94. The van der Waals surface area contributed by atoms with Crippen LogP contribution in [0.25, 0.3) is 0 Å². The van der Waals surface area contributed by atoms with Crippen LogP contribution in [0.5, 0.6) is 0 Å². The molecule has 1 saturated heterocycles. The number of thiazole rings is 1. The van der Waals surface area contributed by atoms with Gasteiger partial charge >= 0.3 is 0 Å². The van der Waals surface area contributed by atoms with E-state index in [0.29, 0.717) is 0 Å². The first kappa shape index (κ1) is 13.5. The third-order valence-corrected chi connectivity index (χ3v) is 3.93. The highest BCUT2D eigenvalue weighted by molar-refractivity contribution is 7.07. The fourth-order valence-electron chi connectivity index (χ4n) is 2.28. The third-order valence-electron chi connectivity index (χ3n) is 3.29. The quantitative estimate of drug-likeness (QED) is 0.853. The third kappa shape index (κ3) is 3.53. The molecule has 0 saturated carbocycles. The number of carbonyl (C=O) groups excluding carboxylic acids is 1. The number of rotatable bonds is 6. The van der Waals surface area contributed by atoms with Gasteiger partial charge in [-0.25, -0.2) is 4.98 Å². The Bertz CT molecular complexity index is 366. The minimum absolute atomic E-state index is 0.0362. The molecule has 100 valence electrons. The lowest BCUT2D eigenvalue weighted by Crippen LogP contribution is -2.51. The van der Waals surface area contributed by atoms with E-state index >= 15 is 0 Å². The predicted molar refractivity (Wildman–Crippen MR) is 73.7 cm³/mol. The molecule has 2 heterocycles. The Morgan fingerprint density at radius 2 is 2.50 bits per heavy atom. The lowest BCUT2D eigenvalue weighted by Gasteiger charge is -2.32. The summed E-state index contributed by atoms with van der Waals surface area (Å²) in [4.78, 5) is 18.5. The van der Waals surface area contributed by atoms with Gasteiger partial charge < -0.3 is 10.2 Å². The Balaban J connectivity index is 1.82. The maximum atomic E-state index is 12.2. The number of hydrogen-bond donors (Lipinski definition) is 1. The van der Waals surface area contributed by atoms with Gasteiger partial charge in [0.05, 0.1) is 17.2 Å². The Hall–Kier alpha value is -0.940. The van der Waals surface area contributed by atoms with Gasteiger partial charge in [0.25, 0.3) is 0 Å². The van der Waals surface area contributed by atoms with E-state index in [0.717, 1.165) is 51.0 Å². The standard InChI is InChI=1S/C13H21N3OS/c1-2-6-14-12-4-3-7-16(13(12)17)8-5-11-9-18-10-15-11/h9-10,12,14H,2-8H2,1H3. The lowest BCUT2D eigenvalue weighted by molar-refractivity contribution is -0.135. The molecule has 4 nitrogen and oxygen atoms in total. The molecule has 1 aromatic rings. The zero-order valence-electron chi connectivity index (χ0n) is 10.9. The molecule has 1 fully saturated rings. The van der Waals surface area contributed by atoms with Crippen molar-refractivity contribution in [2.24, 2.45) is 0 Å². The first-order valence-electron chi connectivity index (χ1n) is 6.70. The molecular weight excluding hydrogens is 246 g/mol. The summed E-state index contributed by atoms with van der Waals surface area (Å²) >= 11 is 1.61. The molecule has 0 radical (unpaired) electrons. The minimum Gasteiger partial charge on any atom is -0.341 e. The van der Waals surface area contributed by atoms with Crippen LogP contribution >= 0.6 is 11.3 Å². The van der Waals surface area contributed by atoms with Crippen molar-refractivity contribution in [3.63, 3.8) is 0 Å². The molecule has 1 N–H and O–H groups in total. The zero-order valence-corrected chi connectivity index (χ0v) is 11.7. The van der Waals surface area contributed by atoms with E-state index in [-0.39, 0.29) is 11.9 Å². The van der Waals surface area contributed by atoms with Crippen LogP contribution in [0.15, 0.2) is 10.9 Å². The molecule has 5 heteroatoms. The van der Waals surface area contributed by atoms with Crippen molar-refractivity contribution in [3.05, 3.63) is 16.6 Å². The highest BCUT2D eigenvalue weighted by Gasteiger charge is 2.27. The van der Waals surface area contributed by atoms with Gasteiger partial charge in [0.2, 0.25) is 5.91 Å². The Morgan fingerprint density at radius 1 is 1.61 bits per heavy atom. The molecule has 0 spiro atoms. The van der Waals surface area contributed by atoms with Gasteiger partial charge in [-0.15, -0.1) is 11.3 Å². The number of amides is 1. The Kier molecular flexibility index (Phi) is 5.13. The number of carbonyl (C=O) groups is 1. The summed E-state index contributed by atoms with van der Waals surface area (Å²) in [5, 5.41) is 5.40. The van der Waals surface area contributed by atoms with E-state index in [4.69, 9.17) is 0 Å². The van der Waals surface area contributed by atoms with Gasteiger partial charge in [-0.1, -0.05) is 6.92 Å². The molecule has 0 aromatic carbocycles. The van der Waals surface area contributed by atoms with Crippen LogP contribution in [0.3, 0.4) is 0 Å². The summed E-state index contributed by atoms with van der Waals surface area (Å²) in [5.74, 6) is 0.268. The van der Waals surface area contributed by atoms with Crippen LogP contribution in [0.2, 0.25) is 0 Å². The predicted octanol–water partition coefficient (Wildman–Crippen LogP) is 1.68. The number of nitrogens with one attached hydrogen (secondary N) is 1. The number of likely N-dealkylation sites (tertiary alicyclic amines) is 1. The maximum Gasteiger partial charge on any atom is 0.239 e. The number of nitrogens with zero attached hydrogens (tertiary/aromatic N) is 2. The van der Waals surface area contributed by atoms with Crippen LogP contribution < -0.4 is 5.32 Å².